The number of β-lactam (4-membered cyclic amide) rings is 1. The number of carbonyl (C=O) groups is 4. The van der Waals surface area contributed by atoms with Crippen molar-refractivity contribution in [3.8, 4) is 0 Å². The molecule has 0 radical (unpaired) electrons. The summed E-state index contributed by atoms with van der Waals surface area (Å²) in [6, 6.07) is 17.2. The Morgan fingerprint density at radius 1 is 1.04 bits per heavy atom. The highest BCUT2D eigenvalue weighted by molar-refractivity contribution is 8.01. The Balaban J connectivity index is 1.26. The third kappa shape index (κ3) is 9.03. The van der Waals surface area contributed by atoms with Crippen LogP contribution < -0.4 is 21.8 Å². The molecule has 0 aliphatic carbocycles. The van der Waals surface area contributed by atoms with E-state index < -0.39 is 58.1 Å². The number of nitrogens with one attached hydrogen (secondary N) is 3. The molecule has 4 aromatic rings. The van der Waals surface area contributed by atoms with Gasteiger partial charge in [0.15, 0.2) is 22.1 Å². The third-order valence-corrected chi connectivity index (χ3v) is 11.2. The van der Waals surface area contributed by atoms with Crippen molar-refractivity contribution in [2.45, 2.75) is 49.0 Å². The summed E-state index contributed by atoms with van der Waals surface area (Å²) in [6.45, 7) is 5.14. The second-order valence-corrected chi connectivity index (χ2v) is 16.1. The number of hydrogen-bond donors (Lipinski definition) is 3. The summed E-state index contributed by atoms with van der Waals surface area (Å²) >= 11 is 3.42. The molecule has 0 unspecified atom stereocenters. The number of aromatic amines is 1. The number of ether oxygens (including phenoxy) is 2. The molecule has 1 saturated heterocycles. The largest absolute Gasteiger partial charge is 0.448 e. The summed E-state index contributed by atoms with van der Waals surface area (Å²) in [5.74, 6) is -1.81. The number of aromatic nitrogens is 4. The van der Waals surface area contributed by atoms with Gasteiger partial charge in [0.25, 0.3) is 11.8 Å². The average molecular weight is 821 g/mol. The maximum absolute atomic E-state index is 14.4. The number of hydrogen-bond acceptors (Lipinski definition) is 15. The lowest BCUT2D eigenvalue weighted by Crippen LogP contribution is -2.71. The summed E-state index contributed by atoms with van der Waals surface area (Å²) in [5, 5.41) is 12.5. The quantitative estimate of drug-likeness (QED) is 0.0467. The van der Waals surface area contributed by atoms with E-state index in [0.29, 0.717) is 16.7 Å². The number of benzene rings is 2. The fraction of sp³-hybridized carbons (Fsp3) is 0.306. The number of carbonyl (C=O) groups excluding carboxylic acids is 4. The molecule has 292 valence electrons. The zero-order valence-electron chi connectivity index (χ0n) is 30.6. The van der Waals surface area contributed by atoms with Crippen LogP contribution in [0.1, 0.15) is 43.7 Å². The number of oxime groups is 1. The van der Waals surface area contributed by atoms with Crippen molar-refractivity contribution in [1.29, 1.82) is 0 Å². The molecule has 2 aliphatic rings. The van der Waals surface area contributed by atoms with Crippen LogP contribution >= 0.6 is 34.9 Å². The molecule has 2 aromatic heterocycles. The highest BCUT2D eigenvalue weighted by atomic mass is 32.2. The van der Waals surface area contributed by atoms with Crippen molar-refractivity contribution in [2.24, 2.45) is 12.2 Å². The zero-order chi connectivity index (χ0) is 40.1. The van der Waals surface area contributed by atoms with E-state index in [1.165, 1.54) is 40.9 Å². The van der Waals surface area contributed by atoms with Crippen LogP contribution in [-0.2, 0) is 35.7 Å². The Morgan fingerprint density at radius 2 is 1.70 bits per heavy atom. The molecule has 6 rings (SSSR count). The molecule has 2 atom stereocenters. The van der Waals surface area contributed by atoms with Gasteiger partial charge in [0.1, 0.15) is 35.5 Å². The van der Waals surface area contributed by atoms with E-state index in [1.54, 1.807) is 20.8 Å². The summed E-state index contributed by atoms with van der Waals surface area (Å²) < 4.78 is 12.8. The highest BCUT2D eigenvalue weighted by Gasteiger charge is 2.55. The number of H-pyrrole nitrogens is 1. The van der Waals surface area contributed by atoms with Crippen LogP contribution in [0.2, 0.25) is 0 Å². The molecule has 17 nitrogen and oxygen atoms in total. The lowest BCUT2D eigenvalue weighted by atomic mass is 10.0. The summed E-state index contributed by atoms with van der Waals surface area (Å²) in [6.07, 6.45) is -1.56. The highest BCUT2D eigenvalue weighted by Crippen LogP contribution is 2.43. The fourth-order valence-corrected chi connectivity index (χ4v) is 8.69. The van der Waals surface area contributed by atoms with Crippen molar-refractivity contribution < 1.29 is 33.5 Å². The fourth-order valence-electron chi connectivity index (χ4n) is 5.61. The van der Waals surface area contributed by atoms with Crippen molar-refractivity contribution in [3.63, 3.8) is 0 Å². The van der Waals surface area contributed by atoms with Crippen LogP contribution in [0.5, 0.6) is 0 Å². The molecule has 3 N–H and O–H groups in total. The number of thiazole rings is 1. The Labute approximate surface area is 331 Å². The SMILES string of the molecule is CON=C(C(=O)N[C@@H]1C(=O)N2C(C(=O)OC(c3ccccc3)c3ccccc3)=C(CSc3nc(=O)c(=O)[nH]n3C)CS[C@H]12)c1csc(NC(=O)OC(C)(C)C)n1. The molecule has 3 amide bonds. The molecule has 56 heavy (non-hydrogen) atoms. The van der Waals surface area contributed by atoms with Crippen LogP contribution in [0.15, 0.2) is 97.2 Å². The van der Waals surface area contributed by atoms with Crippen LogP contribution in [0.3, 0.4) is 0 Å². The number of fused-ring (bicyclic) bond motifs is 1. The van der Waals surface area contributed by atoms with Gasteiger partial charge in [-0.15, -0.1) is 23.1 Å². The van der Waals surface area contributed by atoms with Crippen LogP contribution in [0.25, 0.3) is 0 Å². The first-order chi connectivity index (χ1) is 26.7. The number of rotatable bonds is 12. The van der Waals surface area contributed by atoms with Gasteiger partial charge in [0.05, 0.1) is 0 Å². The second kappa shape index (κ2) is 17.0. The van der Waals surface area contributed by atoms with Gasteiger partial charge in [0.2, 0.25) is 0 Å². The molecule has 0 spiro atoms. The Hall–Kier alpha value is -5.73. The molecule has 2 aliphatic heterocycles. The molecular formula is C36H36N8O9S3. The van der Waals surface area contributed by atoms with E-state index >= 15 is 0 Å². The first-order valence-electron chi connectivity index (χ1n) is 16.9. The van der Waals surface area contributed by atoms with Gasteiger partial charge in [-0.2, -0.15) is 4.98 Å². The van der Waals surface area contributed by atoms with Crippen LogP contribution in [0, 0.1) is 0 Å². The minimum absolute atomic E-state index is 0.00817. The predicted molar refractivity (Wildman–Crippen MR) is 209 cm³/mol. The Kier molecular flexibility index (Phi) is 12.1. The number of anilines is 1. The lowest BCUT2D eigenvalue weighted by molar-refractivity contribution is -0.154. The minimum Gasteiger partial charge on any atom is -0.448 e. The molecule has 20 heteroatoms. The van der Waals surface area contributed by atoms with Crippen LogP contribution in [0.4, 0.5) is 9.93 Å². The number of thioether (sulfide) groups is 2. The maximum atomic E-state index is 14.4. The minimum atomic E-state index is -1.08. The van der Waals surface area contributed by atoms with Crippen molar-refractivity contribution in [1.82, 2.24) is 30.0 Å². The van der Waals surface area contributed by atoms with Crippen molar-refractivity contribution in [2.75, 3.05) is 23.9 Å². The summed E-state index contributed by atoms with van der Waals surface area (Å²) in [5.41, 5.74) is -0.870. The molecule has 0 saturated carbocycles. The van der Waals surface area contributed by atoms with E-state index in [0.717, 1.165) is 23.1 Å². The van der Waals surface area contributed by atoms with Crippen molar-refractivity contribution in [3.05, 3.63) is 115 Å². The smallest absolute Gasteiger partial charge is 0.413 e. The van der Waals surface area contributed by atoms with Gasteiger partial charge in [-0.05, 0) is 37.5 Å². The summed E-state index contributed by atoms with van der Waals surface area (Å²) in [4.78, 5) is 92.4. The number of amides is 3. The van der Waals surface area contributed by atoms with Gasteiger partial charge in [0, 0.05) is 23.9 Å². The van der Waals surface area contributed by atoms with Crippen molar-refractivity contribution >= 4 is 69.6 Å². The topological polar surface area (TPSA) is 216 Å². The number of esters is 1. The van der Waals surface area contributed by atoms with Gasteiger partial charge in [-0.3, -0.25) is 39.2 Å². The summed E-state index contributed by atoms with van der Waals surface area (Å²) in [7, 11) is 2.76. The van der Waals surface area contributed by atoms with Crippen LogP contribution in [-0.4, -0.2) is 89.9 Å². The van der Waals surface area contributed by atoms with E-state index in [4.69, 9.17) is 14.3 Å². The van der Waals surface area contributed by atoms with E-state index in [1.807, 2.05) is 60.7 Å². The first-order valence-corrected chi connectivity index (χ1v) is 19.8. The Morgan fingerprint density at radius 3 is 2.32 bits per heavy atom. The van der Waals surface area contributed by atoms with E-state index in [2.05, 4.69) is 30.9 Å². The van der Waals surface area contributed by atoms with E-state index in [-0.39, 0.29) is 38.9 Å². The molecule has 1 fully saturated rings. The predicted octanol–water partition coefficient (Wildman–Crippen LogP) is 3.40. The Bertz CT molecular complexity index is 2280. The van der Waals surface area contributed by atoms with Gasteiger partial charge < -0.3 is 19.6 Å². The average Bonchev–Trinajstić information content (AvgIpc) is 3.62. The van der Waals surface area contributed by atoms with Gasteiger partial charge in [-0.1, -0.05) is 77.6 Å². The first kappa shape index (κ1) is 39.9. The van der Waals surface area contributed by atoms with Gasteiger partial charge in [-0.25, -0.2) is 14.6 Å². The molecule has 0 bridgehead atoms. The maximum Gasteiger partial charge on any atom is 0.413 e. The number of aryl methyl sites for hydroxylation is 1. The van der Waals surface area contributed by atoms with Gasteiger partial charge >= 0.3 is 23.2 Å². The zero-order valence-corrected chi connectivity index (χ0v) is 33.1. The third-order valence-electron chi connectivity index (χ3n) is 8.03. The number of nitrogens with zero attached hydrogens (tertiary/aromatic N) is 5. The standard InChI is InChI=1S/C36H36N8O9S3/c1-36(2,3)53-35(50)40-33-37-22(18-55-33)23(42-51-5)27(45)38-24-30(48)44-25(21(16-54-31(24)44)17-56-34-39-28(46)29(47)41-43(34)4)32(49)52-26(19-12-8-6-9-13-19)20-14-10-7-11-15-20/h6-15,18,24,26,31H,16-17H2,1-5H3,(H,38,45)(H,41,47)(H,37,40,50)/t24-,31-/m1/s1. The lowest BCUT2D eigenvalue weighted by Gasteiger charge is -2.49. The monoisotopic (exact) mass is 820 g/mol. The molecule has 4 heterocycles. The molecular weight excluding hydrogens is 785 g/mol. The van der Waals surface area contributed by atoms with E-state index in [9.17, 15) is 28.8 Å². The molecule has 2 aromatic carbocycles. The normalized spacial score (nSPS) is 16.9. The second-order valence-electron chi connectivity index (χ2n) is 13.2.